The molecule has 1 aromatic rings. The lowest BCUT2D eigenvalue weighted by Crippen LogP contribution is -2.40. The number of hydrogen-bond acceptors (Lipinski definition) is 3. The number of likely N-dealkylation sites (tertiary alicyclic amines) is 1. The standard InChI is InChI=1S/C15H17NO3/c1-19-15(18)13-8-5-11-16(13)14(17)10-9-12-6-3-2-4-7-12/h2-4,6-7,9-10,13H,5,8,11H2,1H3/b10-9+/t13-/m0/s1. The van der Waals surface area contributed by atoms with Gasteiger partial charge in [-0.15, -0.1) is 0 Å². The lowest BCUT2D eigenvalue weighted by atomic mass is 10.2. The Morgan fingerprint density at radius 1 is 1.32 bits per heavy atom. The molecule has 100 valence electrons. The van der Waals surface area contributed by atoms with Gasteiger partial charge in [0.1, 0.15) is 6.04 Å². The molecule has 1 aliphatic heterocycles. The van der Waals surface area contributed by atoms with E-state index in [0.29, 0.717) is 13.0 Å². The van der Waals surface area contributed by atoms with Crippen LogP contribution in [-0.2, 0) is 14.3 Å². The number of ether oxygens (including phenoxy) is 1. The number of hydrogen-bond donors (Lipinski definition) is 0. The third kappa shape index (κ3) is 3.22. The summed E-state index contributed by atoms with van der Waals surface area (Å²) >= 11 is 0. The minimum Gasteiger partial charge on any atom is -0.467 e. The molecule has 4 nitrogen and oxygen atoms in total. The second-order valence-electron chi connectivity index (χ2n) is 4.46. The summed E-state index contributed by atoms with van der Waals surface area (Å²) in [6, 6.07) is 9.16. The third-order valence-corrected chi connectivity index (χ3v) is 3.23. The lowest BCUT2D eigenvalue weighted by molar-refractivity contribution is -0.149. The van der Waals surface area contributed by atoms with Gasteiger partial charge in [0.15, 0.2) is 0 Å². The van der Waals surface area contributed by atoms with Crippen LogP contribution in [0.4, 0.5) is 0 Å². The first kappa shape index (κ1) is 13.3. The van der Waals surface area contributed by atoms with Crippen LogP contribution < -0.4 is 0 Å². The molecule has 1 fully saturated rings. The molecule has 2 rings (SSSR count). The fourth-order valence-electron chi connectivity index (χ4n) is 2.24. The summed E-state index contributed by atoms with van der Waals surface area (Å²) < 4.78 is 4.72. The highest BCUT2D eigenvalue weighted by Gasteiger charge is 2.33. The van der Waals surface area contributed by atoms with Gasteiger partial charge in [-0.1, -0.05) is 30.3 Å². The van der Waals surface area contributed by atoms with E-state index in [2.05, 4.69) is 0 Å². The van der Waals surface area contributed by atoms with Crippen LogP contribution in [-0.4, -0.2) is 36.5 Å². The van der Waals surface area contributed by atoms with E-state index in [1.165, 1.54) is 13.2 Å². The largest absolute Gasteiger partial charge is 0.467 e. The molecular formula is C15H17NO3. The molecule has 0 bridgehead atoms. The van der Waals surface area contributed by atoms with E-state index in [1.54, 1.807) is 11.0 Å². The van der Waals surface area contributed by atoms with Crippen molar-refractivity contribution in [2.45, 2.75) is 18.9 Å². The Morgan fingerprint density at radius 2 is 2.05 bits per heavy atom. The van der Waals surface area contributed by atoms with Crippen molar-refractivity contribution in [3.8, 4) is 0 Å². The van der Waals surface area contributed by atoms with Gasteiger partial charge in [0.2, 0.25) is 5.91 Å². The average Bonchev–Trinajstić information content (AvgIpc) is 2.94. The Morgan fingerprint density at radius 3 is 2.74 bits per heavy atom. The quantitative estimate of drug-likeness (QED) is 0.615. The molecule has 19 heavy (non-hydrogen) atoms. The monoisotopic (exact) mass is 259 g/mol. The first-order chi connectivity index (χ1) is 9.22. The zero-order chi connectivity index (χ0) is 13.7. The highest BCUT2D eigenvalue weighted by Crippen LogP contribution is 2.19. The van der Waals surface area contributed by atoms with Crippen molar-refractivity contribution in [1.29, 1.82) is 0 Å². The Hall–Kier alpha value is -2.10. The van der Waals surface area contributed by atoms with Crippen LogP contribution >= 0.6 is 0 Å². The molecule has 0 aromatic heterocycles. The molecule has 0 aliphatic carbocycles. The summed E-state index contributed by atoms with van der Waals surface area (Å²) in [7, 11) is 1.35. The Balaban J connectivity index is 2.03. The number of methoxy groups -OCH3 is 1. The highest BCUT2D eigenvalue weighted by atomic mass is 16.5. The summed E-state index contributed by atoms with van der Waals surface area (Å²) in [5.41, 5.74) is 0.963. The molecule has 0 spiro atoms. The fourth-order valence-corrected chi connectivity index (χ4v) is 2.24. The van der Waals surface area contributed by atoms with Gasteiger partial charge in [0.05, 0.1) is 7.11 Å². The van der Waals surface area contributed by atoms with Crippen molar-refractivity contribution >= 4 is 18.0 Å². The van der Waals surface area contributed by atoms with Crippen LogP contribution in [0.25, 0.3) is 6.08 Å². The van der Waals surface area contributed by atoms with Crippen molar-refractivity contribution in [2.75, 3.05) is 13.7 Å². The SMILES string of the molecule is COC(=O)[C@@H]1CCCN1C(=O)/C=C/c1ccccc1. The van der Waals surface area contributed by atoms with Crippen LogP contribution in [0.1, 0.15) is 18.4 Å². The number of carbonyl (C=O) groups excluding carboxylic acids is 2. The van der Waals surface area contributed by atoms with E-state index in [9.17, 15) is 9.59 Å². The Bertz CT molecular complexity index is 481. The van der Waals surface area contributed by atoms with Gasteiger partial charge in [-0.3, -0.25) is 4.79 Å². The van der Waals surface area contributed by atoms with Crippen molar-refractivity contribution < 1.29 is 14.3 Å². The molecule has 4 heteroatoms. The first-order valence-corrected chi connectivity index (χ1v) is 6.34. The van der Waals surface area contributed by atoms with Crippen molar-refractivity contribution in [3.63, 3.8) is 0 Å². The maximum atomic E-state index is 12.1. The van der Waals surface area contributed by atoms with E-state index < -0.39 is 6.04 Å². The minimum atomic E-state index is -0.432. The summed E-state index contributed by atoms with van der Waals surface area (Å²) in [6.07, 6.45) is 4.79. The molecule has 1 heterocycles. The molecule has 0 saturated carbocycles. The normalized spacial score (nSPS) is 18.8. The summed E-state index contributed by atoms with van der Waals surface area (Å²) in [5.74, 6) is -0.476. The number of nitrogens with zero attached hydrogens (tertiary/aromatic N) is 1. The second-order valence-corrected chi connectivity index (χ2v) is 4.46. The van der Waals surface area contributed by atoms with Crippen LogP contribution in [0.3, 0.4) is 0 Å². The van der Waals surface area contributed by atoms with Gasteiger partial charge in [-0.05, 0) is 24.5 Å². The van der Waals surface area contributed by atoms with Crippen molar-refractivity contribution in [1.82, 2.24) is 4.90 Å². The molecule has 0 radical (unpaired) electrons. The number of amides is 1. The average molecular weight is 259 g/mol. The van der Waals surface area contributed by atoms with Crippen LogP contribution in [0.5, 0.6) is 0 Å². The Labute approximate surface area is 112 Å². The fraction of sp³-hybridized carbons (Fsp3) is 0.333. The zero-order valence-corrected chi connectivity index (χ0v) is 10.9. The Kier molecular flexibility index (Phi) is 4.34. The van der Waals surface area contributed by atoms with Crippen LogP contribution in [0.2, 0.25) is 0 Å². The minimum absolute atomic E-state index is 0.142. The summed E-state index contributed by atoms with van der Waals surface area (Å²) in [5, 5.41) is 0. The number of carbonyl (C=O) groups is 2. The van der Waals surface area contributed by atoms with Gasteiger partial charge in [0, 0.05) is 12.6 Å². The molecule has 0 unspecified atom stereocenters. The number of rotatable bonds is 3. The first-order valence-electron chi connectivity index (χ1n) is 6.34. The third-order valence-electron chi connectivity index (χ3n) is 3.23. The van der Waals surface area contributed by atoms with E-state index in [-0.39, 0.29) is 11.9 Å². The van der Waals surface area contributed by atoms with Gasteiger partial charge >= 0.3 is 5.97 Å². The topological polar surface area (TPSA) is 46.6 Å². The van der Waals surface area contributed by atoms with Gasteiger partial charge in [-0.25, -0.2) is 4.79 Å². The smallest absolute Gasteiger partial charge is 0.328 e. The second kappa shape index (κ2) is 6.18. The van der Waals surface area contributed by atoms with Crippen molar-refractivity contribution in [3.05, 3.63) is 42.0 Å². The predicted molar refractivity (Wildman–Crippen MR) is 72.2 cm³/mol. The number of benzene rings is 1. The van der Waals surface area contributed by atoms with Gasteiger partial charge < -0.3 is 9.64 Å². The molecular weight excluding hydrogens is 242 g/mol. The lowest BCUT2D eigenvalue weighted by Gasteiger charge is -2.20. The van der Waals surface area contributed by atoms with Crippen molar-refractivity contribution in [2.24, 2.45) is 0 Å². The summed E-state index contributed by atoms with van der Waals surface area (Å²) in [6.45, 7) is 0.609. The van der Waals surface area contributed by atoms with E-state index >= 15 is 0 Å². The highest BCUT2D eigenvalue weighted by molar-refractivity contribution is 5.95. The number of esters is 1. The zero-order valence-electron chi connectivity index (χ0n) is 10.9. The molecule has 1 amide bonds. The van der Waals surface area contributed by atoms with E-state index in [1.807, 2.05) is 30.3 Å². The predicted octanol–water partition coefficient (Wildman–Crippen LogP) is 1.86. The van der Waals surface area contributed by atoms with E-state index in [0.717, 1.165) is 12.0 Å². The van der Waals surface area contributed by atoms with Crippen LogP contribution in [0, 0.1) is 0 Å². The molecule has 1 aromatic carbocycles. The van der Waals surface area contributed by atoms with E-state index in [4.69, 9.17) is 4.74 Å². The molecule has 1 aliphatic rings. The maximum absolute atomic E-state index is 12.1. The van der Waals surface area contributed by atoms with Crippen LogP contribution in [0.15, 0.2) is 36.4 Å². The molecule has 0 N–H and O–H groups in total. The maximum Gasteiger partial charge on any atom is 0.328 e. The molecule has 1 saturated heterocycles. The van der Waals surface area contributed by atoms with Gasteiger partial charge in [-0.2, -0.15) is 0 Å². The van der Waals surface area contributed by atoms with Gasteiger partial charge in [0.25, 0.3) is 0 Å². The summed E-state index contributed by atoms with van der Waals surface area (Å²) in [4.78, 5) is 25.2. The molecule has 1 atom stereocenters.